The Balaban J connectivity index is 1.77. The van der Waals surface area contributed by atoms with Crippen molar-refractivity contribution in [2.24, 2.45) is 0 Å². The van der Waals surface area contributed by atoms with Gasteiger partial charge in [-0.1, -0.05) is 39.8 Å². The number of aromatic nitrogens is 3. The van der Waals surface area contributed by atoms with E-state index in [1.54, 1.807) is 24.3 Å². The molecular weight excluding hydrogens is 471 g/mol. The van der Waals surface area contributed by atoms with Crippen LogP contribution in [0.15, 0.2) is 58.2 Å². The van der Waals surface area contributed by atoms with E-state index in [4.69, 9.17) is 0 Å². The van der Waals surface area contributed by atoms with Crippen molar-refractivity contribution < 1.29 is 14.0 Å². The fourth-order valence-electron chi connectivity index (χ4n) is 2.77. The Morgan fingerprint density at radius 3 is 2.47 bits per heavy atom. The Bertz CT molecular complexity index is 1020. The predicted octanol–water partition coefficient (Wildman–Crippen LogP) is 4.21. The highest BCUT2D eigenvalue weighted by molar-refractivity contribution is 9.10. The van der Waals surface area contributed by atoms with Crippen LogP contribution < -0.4 is 5.32 Å². The van der Waals surface area contributed by atoms with Gasteiger partial charge in [0.1, 0.15) is 11.6 Å². The first kappa shape index (κ1) is 22.2. The molecule has 0 saturated carbocycles. The van der Waals surface area contributed by atoms with Crippen LogP contribution in [0.5, 0.6) is 0 Å². The van der Waals surface area contributed by atoms with E-state index in [-0.39, 0.29) is 23.3 Å². The van der Waals surface area contributed by atoms with Gasteiger partial charge in [-0.3, -0.25) is 14.2 Å². The molecule has 0 aliphatic rings. The van der Waals surface area contributed by atoms with Crippen LogP contribution in [-0.2, 0) is 11.2 Å². The molecule has 1 N–H and O–H groups in total. The number of nitrogens with zero attached hydrogens (tertiary/aromatic N) is 3. The summed E-state index contributed by atoms with van der Waals surface area (Å²) in [5.74, 6) is 0.447. The van der Waals surface area contributed by atoms with Crippen LogP contribution in [0.25, 0.3) is 5.69 Å². The molecule has 0 fully saturated rings. The molecule has 0 aliphatic heterocycles. The van der Waals surface area contributed by atoms with Crippen LogP contribution in [0.1, 0.15) is 29.5 Å². The van der Waals surface area contributed by atoms with Gasteiger partial charge in [-0.25, -0.2) is 4.39 Å². The number of Topliss-reactive ketones (excluding diaryl/α,β-unsaturated/α-hetero) is 1. The van der Waals surface area contributed by atoms with Gasteiger partial charge in [-0.05, 0) is 42.8 Å². The maximum atomic E-state index is 13.4. The largest absolute Gasteiger partial charge is 0.356 e. The lowest BCUT2D eigenvalue weighted by atomic mass is 10.2. The first-order valence-corrected chi connectivity index (χ1v) is 11.1. The molecule has 2 aromatic carbocycles. The average Bonchev–Trinajstić information content (AvgIpc) is 3.13. The molecular formula is C21H20BrFN4O2S. The lowest BCUT2D eigenvalue weighted by Gasteiger charge is -2.10. The highest BCUT2D eigenvalue weighted by Gasteiger charge is 2.16. The molecule has 1 aromatic heterocycles. The summed E-state index contributed by atoms with van der Waals surface area (Å²) in [5.41, 5.74) is 1.34. The SMILES string of the molecule is CC(=O)NCCCc1nnc(SCC(=O)c2ccc(Br)cc2)n1-c1ccc(F)cc1. The summed E-state index contributed by atoms with van der Waals surface area (Å²) >= 11 is 4.64. The number of nitrogens with one attached hydrogen (secondary N) is 1. The van der Waals surface area contributed by atoms with Gasteiger partial charge in [0.05, 0.1) is 5.75 Å². The van der Waals surface area contributed by atoms with Gasteiger partial charge in [0.2, 0.25) is 5.91 Å². The Morgan fingerprint density at radius 1 is 1.10 bits per heavy atom. The van der Waals surface area contributed by atoms with Crippen molar-refractivity contribution in [2.45, 2.75) is 24.9 Å². The van der Waals surface area contributed by atoms with Gasteiger partial charge >= 0.3 is 0 Å². The van der Waals surface area contributed by atoms with Gasteiger partial charge in [-0.2, -0.15) is 0 Å². The van der Waals surface area contributed by atoms with Crippen LogP contribution in [-0.4, -0.2) is 38.8 Å². The third-order valence-electron chi connectivity index (χ3n) is 4.23. The van der Waals surface area contributed by atoms with Gasteiger partial charge < -0.3 is 5.32 Å². The molecule has 9 heteroatoms. The average molecular weight is 491 g/mol. The molecule has 156 valence electrons. The number of ketones is 1. The number of hydrogen-bond acceptors (Lipinski definition) is 5. The zero-order valence-corrected chi connectivity index (χ0v) is 18.7. The number of carbonyl (C=O) groups excluding carboxylic acids is 2. The minimum absolute atomic E-state index is 0.0200. The number of carbonyl (C=O) groups is 2. The van der Waals surface area contributed by atoms with Crippen molar-refractivity contribution in [1.29, 1.82) is 0 Å². The Kier molecular flexibility index (Phi) is 7.75. The lowest BCUT2D eigenvalue weighted by molar-refractivity contribution is -0.118. The third kappa shape index (κ3) is 5.99. The van der Waals surface area contributed by atoms with Crippen LogP contribution in [0.2, 0.25) is 0 Å². The van der Waals surface area contributed by atoms with Crippen molar-refractivity contribution in [1.82, 2.24) is 20.1 Å². The summed E-state index contributed by atoms with van der Waals surface area (Å²) in [4.78, 5) is 23.6. The van der Waals surface area contributed by atoms with Crippen molar-refractivity contribution in [2.75, 3.05) is 12.3 Å². The van der Waals surface area contributed by atoms with Crippen molar-refractivity contribution >= 4 is 39.4 Å². The molecule has 0 unspecified atom stereocenters. The Labute approximate surface area is 186 Å². The minimum Gasteiger partial charge on any atom is -0.356 e. The highest BCUT2D eigenvalue weighted by atomic mass is 79.9. The quantitative estimate of drug-likeness (QED) is 0.276. The maximum absolute atomic E-state index is 13.4. The first-order chi connectivity index (χ1) is 14.4. The van der Waals surface area contributed by atoms with E-state index in [0.717, 1.165) is 10.2 Å². The van der Waals surface area contributed by atoms with E-state index in [2.05, 4.69) is 31.4 Å². The topological polar surface area (TPSA) is 76.9 Å². The van der Waals surface area contributed by atoms with E-state index in [0.29, 0.717) is 35.9 Å². The normalized spacial score (nSPS) is 10.8. The fraction of sp³-hybridized carbons (Fsp3) is 0.238. The maximum Gasteiger partial charge on any atom is 0.216 e. The molecule has 3 rings (SSSR count). The summed E-state index contributed by atoms with van der Waals surface area (Å²) in [6.07, 6.45) is 1.26. The summed E-state index contributed by atoms with van der Waals surface area (Å²) in [6, 6.07) is 13.2. The molecule has 0 radical (unpaired) electrons. The summed E-state index contributed by atoms with van der Waals surface area (Å²) < 4.78 is 16.1. The second-order valence-electron chi connectivity index (χ2n) is 6.52. The van der Waals surface area contributed by atoms with Crippen LogP contribution in [0, 0.1) is 5.82 Å². The molecule has 3 aromatic rings. The van der Waals surface area contributed by atoms with Crippen molar-refractivity contribution in [3.05, 3.63) is 70.2 Å². The van der Waals surface area contributed by atoms with Gasteiger partial charge in [0.15, 0.2) is 10.9 Å². The number of halogens is 2. The predicted molar refractivity (Wildman–Crippen MR) is 118 cm³/mol. The molecule has 6 nitrogen and oxygen atoms in total. The first-order valence-electron chi connectivity index (χ1n) is 9.30. The van der Waals surface area contributed by atoms with E-state index in [1.807, 2.05) is 16.7 Å². The second kappa shape index (κ2) is 10.5. The lowest BCUT2D eigenvalue weighted by Crippen LogP contribution is -2.21. The van der Waals surface area contributed by atoms with Crippen LogP contribution >= 0.6 is 27.7 Å². The van der Waals surface area contributed by atoms with E-state index in [1.165, 1.54) is 30.8 Å². The van der Waals surface area contributed by atoms with Crippen LogP contribution in [0.3, 0.4) is 0 Å². The Morgan fingerprint density at radius 2 is 1.80 bits per heavy atom. The third-order valence-corrected chi connectivity index (χ3v) is 5.69. The number of aryl methyl sites for hydroxylation is 1. The summed E-state index contributed by atoms with van der Waals surface area (Å²) in [7, 11) is 0. The highest BCUT2D eigenvalue weighted by Crippen LogP contribution is 2.24. The smallest absolute Gasteiger partial charge is 0.216 e. The number of hydrogen-bond donors (Lipinski definition) is 1. The van der Waals surface area contributed by atoms with Crippen molar-refractivity contribution in [3.8, 4) is 5.69 Å². The van der Waals surface area contributed by atoms with E-state index >= 15 is 0 Å². The van der Waals surface area contributed by atoms with E-state index < -0.39 is 0 Å². The second-order valence-corrected chi connectivity index (χ2v) is 8.37. The number of benzene rings is 2. The number of thioether (sulfide) groups is 1. The van der Waals surface area contributed by atoms with Crippen LogP contribution in [0.4, 0.5) is 4.39 Å². The zero-order valence-electron chi connectivity index (χ0n) is 16.3. The molecule has 1 amide bonds. The zero-order chi connectivity index (χ0) is 21.5. The fourth-order valence-corrected chi connectivity index (χ4v) is 3.89. The van der Waals surface area contributed by atoms with Gasteiger partial charge in [0.25, 0.3) is 0 Å². The van der Waals surface area contributed by atoms with Gasteiger partial charge in [-0.15, -0.1) is 10.2 Å². The number of amides is 1. The molecule has 30 heavy (non-hydrogen) atoms. The molecule has 0 aliphatic carbocycles. The molecule has 0 atom stereocenters. The molecule has 1 heterocycles. The summed E-state index contributed by atoms with van der Waals surface area (Å²) in [6.45, 7) is 1.99. The summed E-state index contributed by atoms with van der Waals surface area (Å²) in [5, 5.41) is 11.8. The van der Waals surface area contributed by atoms with Crippen molar-refractivity contribution in [3.63, 3.8) is 0 Å². The standard InChI is InChI=1S/C21H20BrFN4O2S/c1-14(28)24-12-2-3-20-25-26-21(27(20)18-10-8-17(23)9-11-18)30-13-19(29)15-4-6-16(22)7-5-15/h4-11H,2-3,12-13H2,1H3,(H,24,28). The van der Waals surface area contributed by atoms with Gasteiger partial charge in [0, 0.05) is 35.6 Å². The monoisotopic (exact) mass is 490 g/mol. The molecule has 0 saturated heterocycles. The Hall–Kier alpha value is -2.52. The molecule has 0 bridgehead atoms. The molecule has 0 spiro atoms. The minimum atomic E-state index is -0.335. The van der Waals surface area contributed by atoms with E-state index in [9.17, 15) is 14.0 Å². The number of rotatable bonds is 9.